The summed E-state index contributed by atoms with van der Waals surface area (Å²) in [5.41, 5.74) is 0.925. The Morgan fingerprint density at radius 1 is 1.55 bits per heavy atom. The van der Waals surface area contributed by atoms with E-state index in [2.05, 4.69) is 22.4 Å². The number of hydrogen-bond donors (Lipinski definition) is 1. The molecule has 7 heteroatoms. The van der Waals surface area contributed by atoms with Gasteiger partial charge in [-0.05, 0) is 38.7 Å². The molecule has 0 aliphatic heterocycles. The third-order valence-corrected chi connectivity index (χ3v) is 5.00. The topological polar surface area (TPSA) is 72.9 Å². The maximum Gasteiger partial charge on any atom is 0.230 e. The van der Waals surface area contributed by atoms with E-state index in [0.717, 1.165) is 22.3 Å². The summed E-state index contributed by atoms with van der Waals surface area (Å²) in [6, 6.07) is 2.15. The van der Waals surface area contributed by atoms with E-state index in [1.807, 2.05) is 24.6 Å². The number of nitrogens with zero attached hydrogens (tertiary/aromatic N) is 3. The standard InChI is InChI=1S/C15H20N4O2S/c1-9(11-4-5-11)16-13(20)8-22-15-18-17-14(19(15)3)12-6-7-21-10(12)2/h6-7,9,11H,4-5,8H2,1-3H3,(H,16,20)/t9-/m0/s1. The van der Waals surface area contributed by atoms with Crippen LogP contribution in [-0.2, 0) is 11.8 Å². The normalized spacial score (nSPS) is 15.8. The largest absolute Gasteiger partial charge is 0.469 e. The van der Waals surface area contributed by atoms with E-state index in [9.17, 15) is 4.79 Å². The van der Waals surface area contributed by atoms with Crippen LogP contribution in [0.3, 0.4) is 0 Å². The molecule has 0 unspecified atom stereocenters. The molecule has 0 aromatic carbocycles. The summed E-state index contributed by atoms with van der Waals surface area (Å²) in [4.78, 5) is 12.0. The molecule has 2 aromatic heterocycles. The minimum Gasteiger partial charge on any atom is -0.469 e. The lowest BCUT2D eigenvalue weighted by atomic mass is 10.2. The van der Waals surface area contributed by atoms with Crippen molar-refractivity contribution in [2.45, 2.75) is 37.9 Å². The summed E-state index contributed by atoms with van der Waals surface area (Å²) in [5.74, 6) is 2.63. The predicted molar refractivity (Wildman–Crippen MR) is 84.5 cm³/mol. The van der Waals surface area contributed by atoms with Gasteiger partial charge in [0, 0.05) is 13.1 Å². The molecule has 0 saturated heterocycles. The van der Waals surface area contributed by atoms with E-state index in [1.165, 1.54) is 24.6 Å². The van der Waals surface area contributed by atoms with Gasteiger partial charge in [-0.2, -0.15) is 0 Å². The fourth-order valence-electron chi connectivity index (χ4n) is 2.43. The molecule has 0 radical (unpaired) electrons. The van der Waals surface area contributed by atoms with Crippen LogP contribution in [-0.4, -0.2) is 32.5 Å². The van der Waals surface area contributed by atoms with Crippen molar-refractivity contribution in [2.75, 3.05) is 5.75 Å². The summed E-state index contributed by atoms with van der Waals surface area (Å²) in [7, 11) is 1.90. The lowest BCUT2D eigenvalue weighted by Gasteiger charge is -2.12. The Kier molecular flexibility index (Phi) is 4.24. The van der Waals surface area contributed by atoms with Crippen LogP contribution in [0.15, 0.2) is 21.9 Å². The highest BCUT2D eigenvalue weighted by atomic mass is 32.2. The summed E-state index contributed by atoms with van der Waals surface area (Å²) in [5, 5.41) is 12.1. The molecule has 1 atom stereocenters. The third kappa shape index (κ3) is 3.19. The van der Waals surface area contributed by atoms with Crippen LogP contribution in [0.2, 0.25) is 0 Å². The Bertz CT molecular complexity index is 675. The van der Waals surface area contributed by atoms with Gasteiger partial charge in [0.2, 0.25) is 5.91 Å². The number of carbonyl (C=O) groups excluding carboxylic acids is 1. The van der Waals surface area contributed by atoms with Crippen LogP contribution in [0.25, 0.3) is 11.4 Å². The predicted octanol–water partition coefficient (Wildman–Crippen LogP) is 2.39. The molecular formula is C15H20N4O2S. The van der Waals surface area contributed by atoms with Crippen LogP contribution < -0.4 is 5.32 Å². The van der Waals surface area contributed by atoms with Crippen molar-refractivity contribution in [1.82, 2.24) is 20.1 Å². The second-order valence-corrected chi connectivity index (χ2v) is 6.68. The number of nitrogens with one attached hydrogen (secondary N) is 1. The molecule has 1 aliphatic rings. The SMILES string of the molecule is Cc1occc1-c1nnc(SCC(=O)N[C@@H](C)C2CC2)n1C. The number of hydrogen-bond acceptors (Lipinski definition) is 5. The van der Waals surface area contributed by atoms with E-state index in [-0.39, 0.29) is 11.9 Å². The van der Waals surface area contributed by atoms with Crippen LogP contribution in [0.5, 0.6) is 0 Å². The van der Waals surface area contributed by atoms with E-state index in [4.69, 9.17) is 4.42 Å². The minimum absolute atomic E-state index is 0.0495. The van der Waals surface area contributed by atoms with Crippen molar-refractivity contribution < 1.29 is 9.21 Å². The molecule has 1 aliphatic carbocycles. The highest BCUT2D eigenvalue weighted by molar-refractivity contribution is 7.99. The molecular weight excluding hydrogens is 300 g/mol. The molecule has 1 N–H and O–H groups in total. The Morgan fingerprint density at radius 2 is 2.32 bits per heavy atom. The Hall–Kier alpha value is -1.76. The molecule has 1 saturated carbocycles. The fraction of sp³-hybridized carbons (Fsp3) is 0.533. The van der Waals surface area contributed by atoms with Gasteiger partial charge in [-0.15, -0.1) is 10.2 Å². The number of aryl methyl sites for hydroxylation is 1. The molecule has 2 aromatic rings. The van der Waals surface area contributed by atoms with E-state index in [1.54, 1.807) is 6.26 Å². The van der Waals surface area contributed by atoms with E-state index >= 15 is 0 Å². The Labute approximate surface area is 133 Å². The lowest BCUT2D eigenvalue weighted by Crippen LogP contribution is -2.35. The summed E-state index contributed by atoms with van der Waals surface area (Å²) >= 11 is 1.40. The van der Waals surface area contributed by atoms with E-state index < -0.39 is 0 Å². The molecule has 1 amide bonds. The maximum atomic E-state index is 12.0. The first-order chi connectivity index (χ1) is 10.6. The number of furan rings is 1. The lowest BCUT2D eigenvalue weighted by molar-refractivity contribution is -0.119. The molecule has 22 heavy (non-hydrogen) atoms. The van der Waals surface area contributed by atoms with Crippen LogP contribution in [0.1, 0.15) is 25.5 Å². The number of thioether (sulfide) groups is 1. The van der Waals surface area contributed by atoms with Crippen LogP contribution in [0, 0.1) is 12.8 Å². The van der Waals surface area contributed by atoms with Gasteiger partial charge in [0.05, 0.1) is 17.6 Å². The zero-order chi connectivity index (χ0) is 15.7. The van der Waals surface area contributed by atoms with Crippen molar-refractivity contribution in [1.29, 1.82) is 0 Å². The number of carbonyl (C=O) groups is 1. The Balaban J connectivity index is 1.60. The van der Waals surface area contributed by atoms with Crippen molar-refractivity contribution in [3.8, 4) is 11.4 Å². The first-order valence-electron chi connectivity index (χ1n) is 7.42. The zero-order valence-corrected chi connectivity index (χ0v) is 13.8. The second kappa shape index (κ2) is 6.16. The maximum absolute atomic E-state index is 12.0. The number of rotatable bonds is 6. The monoisotopic (exact) mass is 320 g/mol. The smallest absolute Gasteiger partial charge is 0.230 e. The first-order valence-corrected chi connectivity index (χ1v) is 8.41. The zero-order valence-electron chi connectivity index (χ0n) is 13.0. The molecule has 0 bridgehead atoms. The van der Waals surface area contributed by atoms with Gasteiger partial charge >= 0.3 is 0 Å². The molecule has 2 heterocycles. The van der Waals surface area contributed by atoms with Crippen molar-refractivity contribution in [2.24, 2.45) is 13.0 Å². The third-order valence-electron chi connectivity index (χ3n) is 3.98. The van der Waals surface area contributed by atoms with Crippen LogP contribution >= 0.6 is 11.8 Å². The Morgan fingerprint density at radius 3 is 2.95 bits per heavy atom. The van der Waals surface area contributed by atoms with Gasteiger partial charge in [-0.1, -0.05) is 11.8 Å². The number of aromatic nitrogens is 3. The molecule has 3 rings (SSSR count). The van der Waals surface area contributed by atoms with Gasteiger partial charge in [-0.3, -0.25) is 4.79 Å². The number of amides is 1. The van der Waals surface area contributed by atoms with Crippen molar-refractivity contribution in [3.05, 3.63) is 18.1 Å². The van der Waals surface area contributed by atoms with Crippen molar-refractivity contribution in [3.63, 3.8) is 0 Å². The fourth-order valence-corrected chi connectivity index (χ4v) is 3.15. The van der Waals surface area contributed by atoms with Gasteiger partial charge < -0.3 is 14.3 Å². The summed E-state index contributed by atoms with van der Waals surface area (Å²) < 4.78 is 7.19. The van der Waals surface area contributed by atoms with Gasteiger partial charge in [0.25, 0.3) is 0 Å². The quantitative estimate of drug-likeness (QED) is 0.827. The second-order valence-electron chi connectivity index (χ2n) is 5.74. The molecule has 0 spiro atoms. The highest BCUT2D eigenvalue weighted by Crippen LogP contribution is 2.32. The minimum atomic E-state index is 0.0495. The van der Waals surface area contributed by atoms with Gasteiger partial charge in [-0.25, -0.2) is 0 Å². The molecule has 118 valence electrons. The molecule has 6 nitrogen and oxygen atoms in total. The average molecular weight is 320 g/mol. The van der Waals surface area contributed by atoms with E-state index in [0.29, 0.717) is 11.7 Å². The summed E-state index contributed by atoms with van der Waals surface area (Å²) in [6.07, 6.45) is 4.09. The van der Waals surface area contributed by atoms with Crippen LogP contribution in [0.4, 0.5) is 0 Å². The van der Waals surface area contributed by atoms with Gasteiger partial charge in [0.1, 0.15) is 5.76 Å². The molecule has 1 fully saturated rings. The first kappa shape index (κ1) is 15.1. The summed E-state index contributed by atoms with van der Waals surface area (Å²) in [6.45, 7) is 3.96. The highest BCUT2D eigenvalue weighted by Gasteiger charge is 2.28. The van der Waals surface area contributed by atoms with Crippen molar-refractivity contribution >= 4 is 17.7 Å². The average Bonchev–Trinajstić information content (AvgIpc) is 3.17. The van der Waals surface area contributed by atoms with Gasteiger partial charge in [0.15, 0.2) is 11.0 Å².